The van der Waals surface area contributed by atoms with Crippen LogP contribution in [0.4, 0.5) is 24.5 Å². The molecule has 35 heavy (non-hydrogen) atoms. The van der Waals surface area contributed by atoms with Crippen LogP contribution in [0.25, 0.3) is 6.08 Å². The Bertz CT molecular complexity index is 1300. The van der Waals surface area contributed by atoms with Gasteiger partial charge >= 0.3 is 6.18 Å². The van der Waals surface area contributed by atoms with Gasteiger partial charge in [0.05, 0.1) is 36.1 Å². The number of nitrogens with zero attached hydrogens (tertiary/aromatic N) is 3. The maximum atomic E-state index is 13.7. The summed E-state index contributed by atoms with van der Waals surface area (Å²) in [6, 6.07) is 9.79. The van der Waals surface area contributed by atoms with Crippen LogP contribution < -0.4 is 14.5 Å². The molecule has 3 heterocycles. The number of benzene rings is 2. The summed E-state index contributed by atoms with van der Waals surface area (Å²) in [4.78, 5) is 16.4. The Morgan fingerprint density at radius 1 is 1.23 bits per heavy atom. The summed E-state index contributed by atoms with van der Waals surface area (Å²) in [5, 5.41) is 18.5. The second-order valence-corrected chi connectivity index (χ2v) is 8.72. The number of anilines is 2. The molecule has 3 aliphatic rings. The van der Waals surface area contributed by atoms with E-state index in [-0.39, 0.29) is 30.6 Å². The lowest BCUT2D eigenvalue weighted by Crippen LogP contribution is -2.50. The van der Waals surface area contributed by atoms with E-state index in [1.807, 2.05) is 0 Å². The van der Waals surface area contributed by atoms with Crippen LogP contribution in [0.1, 0.15) is 23.1 Å². The SMILES string of the molecule is N#Cc1ccc(N2C(=O)C3(CCOC3)N(c3ccc4c(c3)C=CC(CO)O4)C2=S)cc1C(F)(F)F. The van der Waals surface area contributed by atoms with Gasteiger partial charge in [0.1, 0.15) is 11.9 Å². The van der Waals surface area contributed by atoms with Crippen molar-refractivity contribution in [2.75, 3.05) is 29.6 Å². The Morgan fingerprint density at radius 3 is 2.66 bits per heavy atom. The summed E-state index contributed by atoms with van der Waals surface area (Å²) < 4.78 is 52.0. The third-order valence-electron chi connectivity index (χ3n) is 6.30. The lowest BCUT2D eigenvalue weighted by Gasteiger charge is -2.32. The topological polar surface area (TPSA) is 86.0 Å². The van der Waals surface area contributed by atoms with Gasteiger partial charge in [-0.05, 0) is 54.7 Å². The molecule has 11 heteroatoms. The third-order valence-corrected chi connectivity index (χ3v) is 6.67. The molecule has 5 rings (SSSR count). The quantitative estimate of drug-likeness (QED) is 0.643. The molecule has 1 amide bonds. The predicted octanol–water partition coefficient (Wildman–Crippen LogP) is 3.64. The average molecular weight is 501 g/mol. The minimum Gasteiger partial charge on any atom is -0.483 e. The fraction of sp³-hybridized carbons (Fsp3) is 0.292. The summed E-state index contributed by atoms with van der Waals surface area (Å²) in [6.07, 6.45) is -1.46. The minimum atomic E-state index is -4.78. The number of rotatable bonds is 3. The third kappa shape index (κ3) is 3.65. The fourth-order valence-electron chi connectivity index (χ4n) is 4.59. The van der Waals surface area contributed by atoms with Crippen molar-refractivity contribution in [1.82, 2.24) is 0 Å². The Kier molecular flexibility index (Phi) is 5.55. The Hall–Kier alpha value is -3.46. The van der Waals surface area contributed by atoms with Crippen molar-refractivity contribution >= 4 is 40.7 Å². The number of hydrogen-bond acceptors (Lipinski definition) is 6. The van der Waals surface area contributed by atoms with Gasteiger partial charge < -0.3 is 19.5 Å². The molecule has 0 aliphatic carbocycles. The molecule has 2 atom stereocenters. The van der Waals surface area contributed by atoms with Crippen molar-refractivity contribution in [2.24, 2.45) is 0 Å². The van der Waals surface area contributed by atoms with Crippen molar-refractivity contribution in [2.45, 2.75) is 24.2 Å². The van der Waals surface area contributed by atoms with Crippen molar-refractivity contribution in [3.8, 4) is 11.8 Å². The van der Waals surface area contributed by atoms with Crippen molar-refractivity contribution in [1.29, 1.82) is 5.26 Å². The number of nitriles is 1. The Labute approximate surface area is 203 Å². The summed E-state index contributed by atoms with van der Waals surface area (Å²) in [6.45, 7) is 0.120. The first-order valence-corrected chi connectivity index (χ1v) is 11.1. The monoisotopic (exact) mass is 501 g/mol. The number of ether oxygens (including phenoxy) is 2. The highest BCUT2D eigenvalue weighted by atomic mass is 32.1. The van der Waals surface area contributed by atoms with E-state index in [2.05, 4.69) is 0 Å². The van der Waals surface area contributed by atoms with E-state index in [4.69, 9.17) is 27.0 Å². The number of alkyl halides is 3. The predicted molar refractivity (Wildman–Crippen MR) is 124 cm³/mol. The van der Waals surface area contributed by atoms with Crippen LogP contribution in [0, 0.1) is 11.3 Å². The number of aliphatic hydroxyl groups is 1. The van der Waals surface area contributed by atoms with Gasteiger partial charge in [0.2, 0.25) is 0 Å². The number of halogens is 3. The van der Waals surface area contributed by atoms with E-state index in [1.165, 1.54) is 6.07 Å². The van der Waals surface area contributed by atoms with Gasteiger partial charge in [-0.3, -0.25) is 9.69 Å². The standard InChI is InChI=1S/C24H18F3N3O4S/c25-24(26,27)19-10-16(3-1-15(19)11-28)29-21(32)23(7-8-33-13-23)30(22(29)35)17-4-6-20-14(9-17)2-5-18(12-31)34-20/h1-6,9-10,18,31H,7-8,12-13H2. The molecule has 2 aromatic carbocycles. The first-order chi connectivity index (χ1) is 16.7. The highest BCUT2D eigenvalue weighted by Crippen LogP contribution is 2.44. The Morgan fingerprint density at radius 2 is 2.00 bits per heavy atom. The number of hydrogen-bond donors (Lipinski definition) is 1. The molecule has 0 radical (unpaired) electrons. The smallest absolute Gasteiger partial charge is 0.417 e. The number of carbonyl (C=O) groups is 1. The summed E-state index contributed by atoms with van der Waals surface area (Å²) in [5.41, 5.74) is -1.73. The molecule has 7 nitrogen and oxygen atoms in total. The van der Waals surface area contributed by atoms with Crippen molar-refractivity contribution in [3.05, 3.63) is 59.2 Å². The second kappa shape index (κ2) is 8.34. The molecule has 0 bridgehead atoms. The number of amides is 1. The van der Waals surface area contributed by atoms with Crippen LogP contribution in [0.15, 0.2) is 42.5 Å². The van der Waals surface area contributed by atoms with Gasteiger partial charge in [-0.15, -0.1) is 0 Å². The van der Waals surface area contributed by atoms with E-state index in [1.54, 1.807) is 41.3 Å². The van der Waals surface area contributed by atoms with E-state index in [0.29, 0.717) is 23.4 Å². The number of fused-ring (bicyclic) bond motifs is 1. The maximum Gasteiger partial charge on any atom is 0.417 e. The maximum absolute atomic E-state index is 13.7. The molecule has 180 valence electrons. The van der Waals surface area contributed by atoms with E-state index in [0.717, 1.165) is 17.0 Å². The van der Waals surface area contributed by atoms with Gasteiger partial charge in [0.25, 0.3) is 5.91 Å². The molecular weight excluding hydrogens is 483 g/mol. The zero-order valence-corrected chi connectivity index (χ0v) is 18.9. The first kappa shape index (κ1) is 23.3. The van der Waals surface area contributed by atoms with E-state index >= 15 is 0 Å². The lowest BCUT2D eigenvalue weighted by atomic mass is 9.95. The molecule has 2 fully saturated rings. The van der Waals surface area contributed by atoms with E-state index in [9.17, 15) is 23.1 Å². The second-order valence-electron chi connectivity index (χ2n) is 8.35. The molecule has 3 aliphatic heterocycles. The highest BCUT2D eigenvalue weighted by Gasteiger charge is 2.58. The molecule has 0 aromatic heterocycles. The zero-order chi connectivity index (χ0) is 25.0. The number of aliphatic hydroxyl groups excluding tert-OH is 1. The van der Waals surface area contributed by atoms with Crippen LogP contribution in [0.2, 0.25) is 0 Å². The molecule has 1 spiro atoms. The van der Waals surface area contributed by atoms with Crippen LogP contribution >= 0.6 is 12.2 Å². The van der Waals surface area contributed by atoms with Crippen molar-refractivity contribution in [3.63, 3.8) is 0 Å². The molecule has 0 saturated carbocycles. The van der Waals surface area contributed by atoms with E-state index < -0.39 is 34.9 Å². The highest BCUT2D eigenvalue weighted by molar-refractivity contribution is 7.81. The lowest BCUT2D eigenvalue weighted by molar-refractivity contribution is -0.137. The molecule has 2 aromatic rings. The van der Waals surface area contributed by atoms with Crippen molar-refractivity contribution < 1.29 is 32.5 Å². The van der Waals surface area contributed by atoms with Crippen LogP contribution in [-0.2, 0) is 15.7 Å². The first-order valence-electron chi connectivity index (χ1n) is 10.7. The number of carbonyl (C=O) groups excluding carboxylic acids is 1. The molecule has 2 saturated heterocycles. The minimum absolute atomic E-state index is 0.00669. The zero-order valence-electron chi connectivity index (χ0n) is 18.1. The molecule has 2 unspecified atom stereocenters. The van der Waals surface area contributed by atoms with Gasteiger partial charge in [0.15, 0.2) is 10.7 Å². The largest absolute Gasteiger partial charge is 0.483 e. The average Bonchev–Trinajstić information content (AvgIpc) is 3.41. The van der Waals surface area contributed by atoms with Crippen LogP contribution in [0.5, 0.6) is 5.75 Å². The molecule has 1 N–H and O–H groups in total. The van der Waals surface area contributed by atoms with Gasteiger partial charge in [0, 0.05) is 24.3 Å². The van der Waals surface area contributed by atoms with Gasteiger partial charge in [-0.25, -0.2) is 0 Å². The summed E-state index contributed by atoms with van der Waals surface area (Å²) >= 11 is 5.65. The fourth-order valence-corrected chi connectivity index (χ4v) is 5.05. The normalized spacial score (nSPS) is 23.6. The summed E-state index contributed by atoms with van der Waals surface area (Å²) in [5.74, 6) is 0.0462. The number of thiocarbonyl (C=S) groups is 1. The van der Waals surface area contributed by atoms with Gasteiger partial charge in [-0.2, -0.15) is 18.4 Å². The van der Waals surface area contributed by atoms with Gasteiger partial charge in [-0.1, -0.05) is 6.08 Å². The molecular formula is C24H18F3N3O4S. The summed E-state index contributed by atoms with van der Waals surface area (Å²) in [7, 11) is 0. The van der Waals surface area contributed by atoms with Crippen LogP contribution in [-0.4, -0.2) is 47.6 Å². The van der Waals surface area contributed by atoms with Crippen LogP contribution in [0.3, 0.4) is 0 Å². The Balaban J connectivity index is 1.59.